The second-order valence-electron chi connectivity index (χ2n) is 4.64. The molecule has 0 aliphatic carbocycles. The first-order chi connectivity index (χ1) is 6.67. The van der Waals surface area contributed by atoms with Gasteiger partial charge in [-0.05, 0) is 32.7 Å². The molecule has 0 spiro atoms. The van der Waals surface area contributed by atoms with E-state index in [1.165, 1.54) is 13.0 Å². The van der Waals surface area contributed by atoms with E-state index >= 15 is 0 Å². The molecule has 1 rings (SSSR count). The van der Waals surface area contributed by atoms with Crippen molar-refractivity contribution < 1.29 is 5.11 Å². The SMILES string of the molecule is CNC(CCO)CN1CC(C)CC1C. The summed E-state index contributed by atoms with van der Waals surface area (Å²) in [6.07, 6.45) is 2.17. The van der Waals surface area contributed by atoms with Crippen molar-refractivity contribution in [1.29, 1.82) is 0 Å². The summed E-state index contributed by atoms with van der Waals surface area (Å²) in [4.78, 5) is 2.53. The van der Waals surface area contributed by atoms with E-state index in [2.05, 4.69) is 24.1 Å². The monoisotopic (exact) mass is 200 g/mol. The summed E-state index contributed by atoms with van der Waals surface area (Å²) in [5, 5.41) is 12.2. The zero-order valence-corrected chi connectivity index (χ0v) is 9.66. The fourth-order valence-corrected chi connectivity index (χ4v) is 2.41. The zero-order chi connectivity index (χ0) is 10.6. The highest BCUT2D eigenvalue weighted by Crippen LogP contribution is 2.22. The van der Waals surface area contributed by atoms with Crippen LogP contribution in [0, 0.1) is 5.92 Å². The molecule has 0 amide bonds. The zero-order valence-electron chi connectivity index (χ0n) is 9.66. The summed E-state index contributed by atoms with van der Waals surface area (Å²) in [6, 6.07) is 1.15. The number of rotatable bonds is 5. The third-order valence-corrected chi connectivity index (χ3v) is 3.25. The average molecular weight is 200 g/mol. The third-order valence-electron chi connectivity index (χ3n) is 3.25. The van der Waals surface area contributed by atoms with Gasteiger partial charge >= 0.3 is 0 Å². The molecule has 3 atom stereocenters. The van der Waals surface area contributed by atoms with Gasteiger partial charge in [-0.2, -0.15) is 0 Å². The maximum atomic E-state index is 8.90. The molecule has 1 aliphatic rings. The van der Waals surface area contributed by atoms with E-state index in [4.69, 9.17) is 5.11 Å². The summed E-state index contributed by atoms with van der Waals surface area (Å²) in [5.74, 6) is 0.830. The van der Waals surface area contributed by atoms with Crippen LogP contribution in [0.5, 0.6) is 0 Å². The highest BCUT2D eigenvalue weighted by atomic mass is 16.3. The van der Waals surface area contributed by atoms with E-state index in [9.17, 15) is 0 Å². The molecule has 14 heavy (non-hydrogen) atoms. The summed E-state index contributed by atoms with van der Waals surface area (Å²) < 4.78 is 0. The van der Waals surface area contributed by atoms with Gasteiger partial charge in [0.2, 0.25) is 0 Å². The lowest BCUT2D eigenvalue weighted by atomic mass is 10.1. The second-order valence-corrected chi connectivity index (χ2v) is 4.64. The number of aliphatic hydroxyl groups excluding tert-OH is 1. The van der Waals surface area contributed by atoms with Crippen molar-refractivity contribution in [3.8, 4) is 0 Å². The number of nitrogens with zero attached hydrogens (tertiary/aromatic N) is 1. The quantitative estimate of drug-likeness (QED) is 0.685. The number of likely N-dealkylation sites (N-methyl/N-ethyl adjacent to an activating group) is 1. The van der Waals surface area contributed by atoms with Crippen molar-refractivity contribution in [2.75, 3.05) is 26.7 Å². The van der Waals surface area contributed by atoms with Crippen LogP contribution in [0.3, 0.4) is 0 Å². The van der Waals surface area contributed by atoms with E-state index in [1.54, 1.807) is 0 Å². The molecule has 84 valence electrons. The highest BCUT2D eigenvalue weighted by Gasteiger charge is 2.27. The van der Waals surface area contributed by atoms with Gasteiger partial charge in [0.1, 0.15) is 0 Å². The van der Waals surface area contributed by atoms with Crippen LogP contribution >= 0.6 is 0 Å². The summed E-state index contributed by atoms with van der Waals surface area (Å²) in [6.45, 7) is 7.18. The molecule has 1 saturated heterocycles. The van der Waals surface area contributed by atoms with Crippen LogP contribution in [0.4, 0.5) is 0 Å². The molecule has 0 aromatic carbocycles. The normalized spacial score (nSPS) is 30.9. The fourth-order valence-electron chi connectivity index (χ4n) is 2.41. The van der Waals surface area contributed by atoms with Gasteiger partial charge in [0, 0.05) is 31.8 Å². The van der Waals surface area contributed by atoms with Gasteiger partial charge in [-0.15, -0.1) is 0 Å². The molecule has 3 nitrogen and oxygen atoms in total. The molecule has 0 aromatic rings. The lowest BCUT2D eigenvalue weighted by Gasteiger charge is -2.26. The predicted molar refractivity (Wildman–Crippen MR) is 59.4 cm³/mol. The van der Waals surface area contributed by atoms with Crippen molar-refractivity contribution in [2.45, 2.75) is 38.8 Å². The fraction of sp³-hybridized carbons (Fsp3) is 1.00. The van der Waals surface area contributed by atoms with E-state index < -0.39 is 0 Å². The smallest absolute Gasteiger partial charge is 0.0446 e. The first-order valence-corrected chi connectivity index (χ1v) is 5.69. The van der Waals surface area contributed by atoms with Gasteiger partial charge < -0.3 is 10.4 Å². The van der Waals surface area contributed by atoms with Gasteiger partial charge in [0.25, 0.3) is 0 Å². The molecule has 0 aromatic heterocycles. The van der Waals surface area contributed by atoms with Crippen LogP contribution in [-0.2, 0) is 0 Å². The molecule has 1 fully saturated rings. The van der Waals surface area contributed by atoms with Crippen LogP contribution in [-0.4, -0.2) is 48.8 Å². The standard InChI is InChI=1S/C11H24N2O/c1-9-6-10(2)13(7-9)8-11(12-3)4-5-14/h9-12,14H,4-8H2,1-3H3. The molecule has 0 bridgehead atoms. The van der Waals surface area contributed by atoms with Crippen molar-refractivity contribution in [3.63, 3.8) is 0 Å². The Hall–Kier alpha value is -0.120. The van der Waals surface area contributed by atoms with Gasteiger partial charge in [-0.1, -0.05) is 6.92 Å². The molecule has 2 N–H and O–H groups in total. The van der Waals surface area contributed by atoms with Crippen molar-refractivity contribution in [3.05, 3.63) is 0 Å². The van der Waals surface area contributed by atoms with Gasteiger partial charge in [0.05, 0.1) is 0 Å². The Labute approximate surface area is 87.5 Å². The molecule has 0 radical (unpaired) electrons. The Morgan fingerprint density at radius 2 is 2.21 bits per heavy atom. The topological polar surface area (TPSA) is 35.5 Å². The minimum Gasteiger partial charge on any atom is -0.396 e. The van der Waals surface area contributed by atoms with Crippen molar-refractivity contribution in [1.82, 2.24) is 10.2 Å². The van der Waals surface area contributed by atoms with E-state index in [-0.39, 0.29) is 6.61 Å². The van der Waals surface area contributed by atoms with E-state index in [0.717, 1.165) is 18.9 Å². The maximum absolute atomic E-state index is 8.90. The number of hydrogen-bond acceptors (Lipinski definition) is 3. The lowest BCUT2D eigenvalue weighted by molar-refractivity contribution is 0.206. The van der Waals surface area contributed by atoms with E-state index in [0.29, 0.717) is 12.1 Å². The van der Waals surface area contributed by atoms with E-state index in [1.807, 2.05) is 7.05 Å². The molecule has 1 aliphatic heterocycles. The van der Waals surface area contributed by atoms with Crippen LogP contribution in [0.15, 0.2) is 0 Å². The summed E-state index contributed by atoms with van der Waals surface area (Å²) in [7, 11) is 1.98. The summed E-state index contributed by atoms with van der Waals surface area (Å²) in [5.41, 5.74) is 0. The Morgan fingerprint density at radius 3 is 2.64 bits per heavy atom. The highest BCUT2D eigenvalue weighted by molar-refractivity contribution is 4.83. The summed E-state index contributed by atoms with van der Waals surface area (Å²) >= 11 is 0. The number of likely N-dealkylation sites (tertiary alicyclic amines) is 1. The van der Waals surface area contributed by atoms with Crippen LogP contribution < -0.4 is 5.32 Å². The molecule has 3 heteroatoms. The molecular weight excluding hydrogens is 176 g/mol. The maximum Gasteiger partial charge on any atom is 0.0446 e. The minimum atomic E-state index is 0.281. The number of aliphatic hydroxyl groups is 1. The number of hydrogen-bond donors (Lipinski definition) is 2. The Balaban J connectivity index is 2.34. The van der Waals surface area contributed by atoms with Crippen molar-refractivity contribution >= 4 is 0 Å². The third kappa shape index (κ3) is 3.23. The molecule has 1 heterocycles. The van der Waals surface area contributed by atoms with Gasteiger partial charge in [0.15, 0.2) is 0 Å². The molecule has 3 unspecified atom stereocenters. The average Bonchev–Trinajstić information content (AvgIpc) is 2.44. The van der Waals surface area contributed by atoms with Crippen molar-refractivity contribution in [2.24, 2.45) is 5.92 Å². The van der Waals surface area contributed by atoms with Gasteiger partial charge in [-0.3, -0.25) is 4.90 Å². The Kier molecular flexibility index (Phi) is 4.85. The lowest BCUT2D eigenvalue weighted by Crippen LogP contribution is -2.41. The minimum absolute atomic E-state index is 0.281. The first-order valence-electron chi connectivity index (χ1n) is 5.69. The Bertz CT molecular complexity index is 163. The van der Waals surface area contributed by atoms with Crippen LogP contribution in [0.2, 0.25) is 0 Å². The first kappa shape index (κ1) is 12.0. The second kappa shape index (κ2) is 5.69. The molecule has 0 saturated carbocycles. The van der Waals surface area contributed by atoms with Crippen LogP contribution in [0.25, 0.3) is 0 Å². The number of nitrogens with one attached hydrogen (secondary N) is 1. The molecular formula is C11H24N2O. The van der Waals surface area contributed by atoms with Gasteiger partial charge in [-0.25, -0.2) is 0 Å². The predicted octanol–water partition coefficient (Wildman–Crippen LogP) is 0.687. The Morgan fingerprint density at radius 1 is 1.50 bits per heavy atom. The van der Waals surface area contributed by atoms with Crippen LogP contribution in [0.1, 0.15) is 26.7 Å². The largest absolute Gasteiger partial charge is 0.396 e.